The molecule has 24 heavy (non-hydrogen) atoms. The Morgan fingerprint density at radius 1 is 0.917 bits per heavy atom. The van der Waals surface area contributed by atoms with Crippen LogP contribution in [0.15, 0.2) is 24.3 Å². The van der Waals surface area contributed by atoms with Gasteiger partial charge in [0, 0.05) is 30.8 Å². The van der Waals surface area contributed by atoms with Gasteiger partial charge < -0.3 is 10.0 Å². The van der Waals surface area contributed by atoms with Crippen molar-refractivity contribution in [3.05, 3.63) is 29.8 Å². The van der Waals surface area contributed by atoms with Crippen molar-refractivity contribution in [3.63, 3.8) is 0 Å². The van der Waals surface area contributed by atoms with Gasteiger partial charge in [-0.15, -0.1) is 0 Å². The van der Waals surface area contributed by atoms with Crippen LogP contribution >= 0.6 is 0 Å². The summed E-state index contributed by atoms with van der Waals surface area (Å²) in [6.45, 7) is 4.30. The lowest BCUT2D eigenvalue weighted by Crippen LogP contribution is -2.54. The maximum absolute atomic E-state index is 13.8. The first-order valence-corrected chi connectivity index (χ1v) is 7.23. The van der Waals surface area contributed by atoms with Crippen LogP contribution in [0.25, 0.3) is 0 Å². The lowest BCUT2D eigenvalue weighted by molar-refractivity contribution is -0.347. The predicted octanol–water partition coefficient (Wildman–Crippen LogP) is 4.79. The zero-order valence-corrected chi connectivity index (χ0v) is 13.0. The van der Waals surface area contributed by atoms with E-state index in [9.17, 15) is 35.8 Å². The molecule has 0 amide bonds. The summed E-state index contributed by atoms with van der Waals surface area (Å²) in [6, 6.07) is 5.52. The number of anilines is 1. The molecule has 0 saturated heterocycles. The monoisotopic (exact) mass is 361 g/mol. The van der Waals surface area contributed by atoms with E-state index in [2.05, 4.69) is 0 Å². The van der Waals surface area contributed by atoms with Gasteiger partial charge in [-0.1, -0.05) is 18.2 Å². The van der Waals surface area contributed by atoms with E-state index in [0.717, 1.165) is 0 Å². The maximum Gasteiger partial charge on any atom is 0.431 e. The molecule has 0 aliphatic rings. The fraction of sp³-hybridized carbons (Fsp3) is 0.600. The summed E-state index contributed by atoms with van der Waals surface area (Å²) in [6.07, 6.45) is -16.8. The normalized spacial score (nSPS) is 14.6. The number of benzene rings is 1. The minimum atomic E-state index is -6.18. The number of hydrogen-bond donors (Lipinski definition) is 1. The van der Waals surface area contributed by atoms with Crippen LogP contribution in [0.1, 0.15) is 31.9 Å². The first-order chi connectivity index (χ1) is 10.9. The van der Waals surface area contributed by atoms with Crippen LogP contribution < -0.4 is 4.90 Å². The van der Waals surface area contributed by atoms with E-state index in [0.29, 0.717) is 13.1 Å². The summed E-state index contributed by atoms with van der Waals surface area (Å²) in [4.78, 5) is 1.64. The molecule has 9 heteroatoms. The lowest BCUT2D eigenvalue weighted by Gasteiger charge is -2.33. The number of aliphatic hydroxyl groups is 1. The molecule has 0 aromatic heterocycles. The van der Waals surface area contributed by atoms with Gasteiger partial charge in [0.05, 0.1) is 6.10 Å². The highest BCUT2D eigenvalue weighted by Gasteiger charge is 2.72. The third-order valence-corrected chi connectivity index (χ3v) is 3.77. The molecule has 1 aromatic carbocycles. The van der Waals surface area contributed by atoms with Crippen LogP contribution in [0.3, 0.4) is 0 Å². The Bertz CT molecular complexity index is 523. The van der Waals surface area contributed by atoms with Gasteiger partial charge in [-0.05, 0) is 19.9 Å². The van der Waals surface area contributed by atoms with E-state index >= 15 is 0 Å². The van der Waals surface area contributed by atoms with E-state index in [1.807, 2.05) is 0 Å². The molecule has 0 radical (unpaired) electrons. The van der Waals surface area contributed by atoms with E-state index in [1.54, 1.807) is 18.7 Å². The summed E-state index contributed by atoms with van der Waals surface area (Å²) < 4.78 is 89.7. The number of halogens is 7. The van der Waals surface area contributed by atoms with Crippen molar-refractivity contribution in [2.45, 2.75) is 44.4 Å². The molecule has 0 saturated carbocycles. The molecule has 0 fully saturated rings. The number of aliphatic hydroxyl groups excluding tert-OH is 1. The van der Waals surface area contributed by atoms with Crippen LogP contribution in [-0.4, -0.2) is 36.2 Å². The summed E-state index contributed by atoms with van der Waals surface area (Å²) in [7, 11) is 0. The minimum Gasteiger partial charge on any atom is -0.388 e. The highest BCUT2D eigenvalue weighted by molar-refractivity contribution is 5.54. The van der Waals surface area contributed by atoms with Gasteiger partial charge in [0.15, 0.2) is 0 Å². The molecule has 0 aliphatic heterocycles. The van der Waals surface area contributed by atoms with Crippen LogP contribution in [0.2, 0.25) is 0 Å². The van der Waals surface area contributed by atoms with Crippen LogP contribution in [-0.2, 0) is 0 Å². The second-order valence-electron chi connectivity index (χ2n) is 5.25. The zero-order valence-electron chi connectivity index (χ0n) is 13.0. The molecule has 1 aromatic rings. The van der Waals surface area contributed by atoms with Gasteiger partial charge in [0.2, 0.25) is 0 Å². The molecular formula is C15H18F7NO. The van der Waals surface area contributed by atoms with E-state index < -0.39 is 30.5 Å². The number of alkyl halides is 7. The Morgan fingerprint density at radius 3 is 1.79 bits per heavy atom. The van der Waals surface area contributed by atoms with Crippen molar-refractivity contribution in [1.82, 2.24) is 0 Å². The molecule has 2 nitrogen and oxygen atoms in total. The fourth-order valence-corrected chi connectivity index (χ4v) is 2.39. The summed E-state index contributed by atoms with van der Waals surface area (Å²) in [5, 5.41) is 9.94. The van der Waals surface area contributed by atoms with Crippen molar-refractivity contribution >= 4 is 5.69 Å². The van der Waals surface area contributed by atoms with E-state index in [4.69, 9.17) is 0 Å². The Hall–Kier alpha value is -1.51. The number of nitrogens with zero attached hydrogens (tertiary/aromatic N) is 1. The Labute approximate surface area is 134 Å². The lowest BCUT2D eigenvalue weighted by atomic mass is 9.92. The third-order valence-electron chi connectivity index (χ3n) is 3.77. The fourth-order valence-electron chi connectivity index (χ4n) is 2.39. The van der Waals surface area contributed by atoms with Crippen molar-refractivity contribution in [2.75, 3.05) is 18.0 Å². The number of rotatable bonds is 6. The molecule has 0 spiro atoms. The van der Waals surface area contributed by atoms with Crippen LogP contribution in [0.4, 0.5) is 36.4 Å². The summed E-state index contributed by atoms with van der Waals surface area (Å²) >= 11 is 0. The Kier molecular flexibility index (Phi) is 6.13. The first kappa shape index (κ1) is 20.5. The molecule has 1 unspecified atom stereocenters. The first-order valence-electron chi connectivity index (χ1n) is 7.23. The summed E-state index contributed by atoms with van der Waals surface area (Å²) in [5.74, 6) is 0. The summed E-state index contributed by atoms with van der Waals surface area (Å²) in [5.41, 5.74) is -5.41. The second kappa shape index (κ2) is 7.16. The van der Waals surface area contributed by atoms with Crippen molar-refractivity contribution in [1.29, 1.82) is 0 Å². The molecule has 1 rings (SSSR count). The zero-order chi connectivity index (χ0) is 18.8. The third kappa shape index (κ3) is 3.93. The number of para-hydroxylation sites is 1. The topological polar surface area (TPSA) is 23.5 Å². The smallest absolute Gasteiger partial charge is 0.388 e. The molecule has 0 aliphatic carbocycles. The molecule has 0 bridgehead atoms. The van der Waals surface area contributed by atoms with E-state index in [-0.39, 0.29) is 11.3 Å². The second-order valence-corrected chi connectivity index (χ2v) is 5.25. The van der Waals surface area contributed by atoms with Crippen molar-refractivity contribution in [2.24, 2.45) is 0 Å². The highest BCUT2D eigenvalue weighted by atomic mass is 19.4. The highest BCUT2D eigenvalue weighted by Crippen LogP contribution is 2.51. The minimum absolute atomic E-state index is 0.184. The van der Waals surface area contributed by atoms with Gasteiger partial charge >= 0.3 is 18.0 Å². The molecular weight excluding hydrogens is 343 g/mol. The van der Waals surface area contributed by atoms with Gasteiger partial charge in [-0.2, -0.15) is 26.3 Å². The van der Waals surface area contributed by atoms with Gasteiger partial charge in [-0.3, -0.25) is 0 Å². The van der Waals surface area contributed by atoms with Gasteiger partial charge in [0.25, 0.3) is 0 Å². The van der Waals surface area contributed by atoms with Crippen LogP contribution in [0, 0.1) is 0 Å². The predicted molar refractivity (Wildman–Crippen MR) is 75.5 cm³/mol. The molecule has 0 heterocycles. The quantitative estimate of drug-likeness (QED) is 0.737. The van der Waals surface area contributed by atoms with Crippen molar-refractivity contribution < 1.29 is 35.8 Å². The maximum atomic E-state index is 13.8. The number of hydrogen-bond acceptors (Lipinski definition) is 2. The SMILES string of the molecule is CCN(CC)c1ccccc1C(O)CC(F)(C(F)(F)F)C(F)(F)F. The van der Waals surface area contributed by atoms with Gasteiger partial charge in [-0.25, -0.2) is 4.39 Å². The largest absolute Gasteiger partial charge is 0.431 e. The Morgan fingerprint density at radius 2 is 1.38 bits per heavy atom. The van der Waals surface area contributed by atoms with Gasteiger partial charge in [0.1, 0.15) is 0 Å². The van der Waals surface area contributed by atoms with Crippen LogP contribution in [0.5, 0.6) is 0 Å². The average Bonchev–Trinajstić information content (AvgIpc) is 2.46. The molecule has 138 valence electrons. The standard InChI is InChI=1S/C15H18F7NO/c1-3-23(4-2)11-8-6-5-7-10(11)12(24)9-13(16,14(17,18)19)15(20,21)22/h5-8,12,24H,3-4,9H2,1-2H3. The molecule has 1 atom stereocenters. The Balaban J connectivity index is 3.26. The molecule has 1 N–H and O–H groups in total. The average molecular weight is 361 g/mol. The van der Waals surface area contributed by atoms with Crippen molar-refractivity contribution in [3.8, 4) is 0 Å². The van der Waals surface area contributed by atoms with E-state index in [1.165, 1.54) is 24.3 Å².